The molecule has 0 aromatic heterocycles. The van der Waals surface area contributed by atoms with E-state index >= 15 is 0 Å². The van der Waals surface area contributed by atoms with Crippen molar-refractivity contribution >= 4 is 11.4 Å². The molecule has 0 heterocycles. The molecule has 0 amide bonds. The van der Waals surface area contributed by atoms with E-state index in [1.807, 2.05) is 24.3 Å². The third-order valence-electron chi connectivity index (χ3n) is 3.94. The Kier molecular flexibility index (Phi) is 3.79. The molecule has 0 saturated heterocycles. The smallest absolute Gasteiger partial charge is 0.0576 e. The lowest BCUT2D eigenvalue weighted by Gasteiger charge is -2.17. The van der Waals surface area contributed by atoms with Gasteiger partial charge in [-0.2, -0.15) is 0 Å². The zero-order valence-electron chi connectivity index (χ0n) is 12.2. The van der Waals surface area contributed by atoms with E-state index in [-0.39, 0.29) is 0 Å². The first-order valence-electron chi connectivity index (χ1n) is 6.65. The number of rotatable bonds is 3. The summed E-state index contributed by atoms with van der Waals surface area (Å²) in [5.74, 6) is 0. The number of hydrogen-bond donors (Lipinski definition) is 2. The highest BCUT2D eigenvalue weighted by atomic mass is 14.9. The van der Waals surface area contributed by atoms with Gasteiger partial charge in [-0.1, -0.05) is 18.2 Å². The van der Waals surface area contributed by atoms with Crippen molar-refractivity contribution in [3.63, 3.8) is 0 Å². The van der Waals surface area contributed by atoms with Gasteiger partial charge in [-0.05, 0) is 67.6 Å². The first kappa shape index (κ1) is 13.5. The van der Waals surface area contributed by atoms with Crippen LogP contribution in [0.3, 0.4) is 0 Å². The van der Waals surface area contributed by atoms with E-state index < -0.39 is 0 Å². The van der Waals surface area contributed by atoms with Crippen LogP contribution in [0.1, 0.15) is 27.8 Å². The number of nitrogen functional groups attached to an aromatic ring is 1. The Bertz CT molecular complexity index is 574. The van der Waals surface area contributed by atoms with E-state index in [1.165, 1.54) is 27.8 Å². The molecule has 0 bridgehead atoms. The summed E-state index contributed by atoms with van der Waals surface area (Å²) in [7, 11) is 0. The van der Waals surface area contributed by atoms with E-state index in [4.69, 9.17) is 5.73 Å². The van der Waals surface area contributed by atoms with Crippen LogP contribution >= 0.6 is 0 Å². The second-order valence-corrected chi connectivity index (χ2v) is 5.18. The second-order valence-electron chi connectivity index (χ2n) is 5.18. The molecule has 0 aliphatic heterocycles. The van der Waals surface area contributed by atoms with Crippen LogP contribution in [0.15, 0.2) is 30.3 Å². The van der Waals surface area contributed by atoms with E-state index in [9.17, 15) is 0 Å². The number of anilines is 2. The van der Waals surface area contributed by atoms with Gasteiger partial charge in [-0.15, -0.1) is 0 Å². The Balaban J connectivity index is 2.28. The fraction of sp³-hybridized carbons (Fsp3) is 0.294. The van der Waals surface area contributed by atoms with Crippen LogP contribution in [0.5, 0.6) is 0 Å². The van der Waals surface area contributed by atoms with Gasteiger partial charge in [0.2, 0.25) is 0 Å². The summed E-state index contributed by atoms with van der Waals surface area (Å²) < 4.78 is 0. The molecule has 2 aromatic carbocycles. The predicted octanol–water partition coefficient (Wildman–Crippen LogP) is 4.11. The van der Waals surface area contributed by atoms with Crippen molar-refractivity contribution in [2.45, 2.75) is 34.2 Å². The number of nitrogens with two attached hydrogens (primary N) is 1. The van der Waals surface area contributed by atoms with Gasteiger partial charge in [-0.3, -0.25) is 0 Å². The molecule has 2 heteroatoms. The number of nitrogens with one attached hydrogen (secondary N) is 1. The third-order valence-corrected chi connectivity index (χ3v) is 3.94. The minimum absolute atomic E-state index is 0.794. The fourth-order valence-corrected chi connectivity index (χ4v) is 2.41. The fourth-order valence-electron chi connectivity index (χ4n) is 2.41. The van der Waals surface area contributed by atoms with E-state index in [1.54, 1.807) is 0 Å². The van der Waals surface area contributed by atoms with Gasteiger partial charge in [0.15, 0.2) is 0 Å². The predicted molar refractivity (Wildman–Crippen MR) is 83.6 cm³/mol. The highest BCUT2D eigenvalue weighted by Crippen LogP contribution is 2.24. The van der Waals surface area contributed by atoms with Crippen molar-refractivity contribution in [3.8, 4) is 0 Å². The minimum Gasteiger partial charge on any atom is -0.397 e. The van der Waals surface area contributed by atoms with E-state index in [0.717, 1.165) is 17.9 Å². The number of para-hydroxylation sites is 2. The van der Waals surface area contributed by atoms with Gasteiger partial charge in [0.05, 0.1) is 11.4 Å². The topological polar surface area (TPSA) is 38.0 Å². The largest absolute Gasteiger partial charge is 0.397 e. The molecule has 2 rings (SSSR count). The molecule has 0 fully saturated rings. The standard InChI is InChI=1S/C17H22N2/c1-11-9-12(2)14(4)15(13(11)3)10-19-17-8-6-5-7-16(17)18/h5-9,19H,10,18H2,1-4H3. The van der Waals surface area contributed by atoms with Gasteiger partial charge in [-0.25, -0.2) is 0 Å². The first-order valence-corrected chi connectivity index (χ1v) is 6.65. The molecule has 2 aromatic rings. The molecule has 0 spiro atoms. The minimum atomic E-state index is 0.794. The maximum absolute atomic E-state index is 5.96. The summed E-state index contributed by atoms with van der Waals surface area (Å²) in [5, 5.41) is 3.44. The zero-order valence-corrected chi connectivity index (χ0v) is 12.2. The molecule has 3 N–H and O–H groups in total. The van der Waals surface area contributed by atoms with Crippen LogP contribution in [0.2, 0.25) is 0 Å². The van der Waals surface area contributed by atoms with E-state index in [2.05, 4.69) is 39.1 Å². The monoisotopic (exact) mass is 254 g/mol. The van der Waals surface area contributed by atoms with Crippen molar-refractivity contribution < 1.29 is 0 Å². The van der Waals surface area contributed by atoms with E-state index in [0.29, 0.717) is 0 Å². The first-order chi connectivity index (χ1) is 9.00. The lowest BCUT2D eigenvalue weighted by Crippen LogP contribution is -2.07. The molecule has 0 radical (unpaired) electrons. The summed E-state index contributed by atoms with van der Waals surface area (Å²) in [6.45, 7) is 9.53. The molecule has 0 saturated carbocycles. The summed E-state index contributed by atoms with van der Waals surface area (Å²) in [6, 6.07) is 10.1. The summed E-state index contributed by atoms with van der Waals surface area (Å²) in [5.41, 5.74) is 14.6. The average Bonchev–Trinajstić information content (AvgIpc) is 2.38. The Morgan fingerprint density at radius 3 is 2.11 bits per heavy atom. The quantitative estimate of drug-likeness (QED) is 0.809. The molecular weight excluding hydrogens is 232 g/mol. The highest BCUT2D eigenvalue weighted by molar-refractivity contribution is 5.66. The Morgan fingerprint density at radius 1 is 0.947 bits per heavy atom. The van der Waals surface area contributed by atoms with Crippen molar-refractivity contribution in [1.82, 2.24) is 0 Å². The van der Waals surface area contributed by atoms with Gasteiger partial charge >= 0.3 is 0 Å². The van der Waals surface area contributed by atoms with Crippen LogP contribution in [-0.4, -0.2) is 0 Å². The van der Waals surface area contributed by atoms with Crippen LogP contribution in [0.4, 0.5) is 11.4 Å². The highest BCUT2D eigenvalue weighted by Gasteiger charge is 2.08. The molecule has 100 valence electrons. The molecule has 19 heavy (non-hydrogen) atoms. The van der Waals surface area contributed by atoms with Gasteiger partial charge in [0.1, 0.15) is 0 Å². The molecule has 0 aliphatic rings. The van der Waals surface area contributed by atoms with Gasteiger partial charge in [0.25, 0.3) is 0 Å². The van der Waals surface area contributed by atoms with Crippen LogP contribution in [0, 0.1) is 27.7 Å². The summed E-state index contributed by atoms with van der Waals surface area (Å²) >= 11 is 0. The normalized spacial score (nSPS) is 10.5. The maximum atomic E-state index is 5.96. The van der Waals surface area contributed by atoms with Crippen LogP contribution in [-0.2, 0) is 6.54 Å². The summed E-state index contributed by atoms with van der Waals surface area (Å²) in [6.07, 6.45) is 0. The second kappa shape index (κ2) is 5.35. The Hall–Kier alpha value is -1.96. The molecular formula is C17H22N2. The third kappa shape index (κ3) is 2.73. The Labute approximate surface area is 115 Å². The molecule has 0 aliphatic carbocycles. The molecule has 0 atom stereocenters. The molecule has 2 nitrogen and oxygen atoms in total. The van der Waals surface area contributed by atoms with Crippen LogP contribution < -0.4 is 11.1 Å². The van der Waals surface area contributed by atoms with Crippen molar-refractivity contribution in [2.75, 3.05) is 11.1 Å². The van der Waals surface area contributed by atoms with Gasteiger partial charge < -0.3 is 11.1 Å². The number of hydrogen-bond acceptors (Lipinski definition) is 2. The lowest BCUT2D eigenvalue weighted by molar-refractivity contribution is 1.06. The maximum Gasteiger partial charge on any atom is 0.0576 e. The van der Waals surface area contributed by atoms with Crippen molar-refractivity contribution in [3.05, 3.63) is 58.1 Å². The van der Waals surface area contributed by atoms with Crippen LogP contribution in [0.25, 0.3) is 0 Å². The zero-order chi connectivity index (χ0) is 14.0. The molecule has 0 unspecified atom stereocenters. The lowest BCUT2D eigenvalue weighted by atomic mass is 9.94. The summed E-state index contributed by atoms with van der Waals surface area (Å²) in [4.78, 5) is 0. The Morgan fingerprint density at radius 2 is 1.53 bits per heavy atom. The van der Waals surface area contributed by atoms with Gasteiger partial charge in [0, 0.05) is 6.54 Å². The van der Waals surface area contributed by atoms with Crippen molar-refractivity contribution in [2.24, 2.45) is 0 Å². The average molecular weight is 254 g/mol. The number of benzene rings is 2. The number of aryl methyl sites for hydroxylation is 2. The SMILES string of the molecule is Cc1cc(C)c(C)c(CNc2ccccc2N)c1C. The van der Waals surface area contributed by atoms with Crippen molar-refractivity contribution in [1.29, 1.82) is 0 Å².